The van der Waals surface area contributed by atoms with E-state index in [1.807, 2.05) is 0 Å². The fraction of sp³-hybridized carbons (Fsp3) is 0.978. The third-order valence-electron chi connectivity index (χ3n) is 18.2. The fourth-order valence-electron chi connectivity index (χ4n) is 15.7. The first-order valence-corrected chi connectivity index (χ1v) is 20.7. The number of Topliss-reactive ketones (excluding diaryl/α,β-unsaturated/α-hetero) is 1. The number of aliphatic hydroxyl groups is 2. The van der Waals surface area contributed by atoms with Gasteiger partial charge in [-0.15, -0.1) is 0 Å². The maximum absolute atomic E-state index is 12.5. The fourth-order valence-corrected chi connectivity index (χ4v) is 15.7. The molecular weight excluding hydrogens is 622 g/mol. The molecule has 0 saturated heterocycles. The van der Waals surface area contributed by atoms with Crippen LogP contribution in [0.2, 0.25) is 0 Å². The summed E-state index contributed by atoms with van der Waals surface area (Å²) in [5.41, 5.74) is 1.63. The Labute approximate surface area is 337 Å². The number of aliphatic hydroxyl groups excluding tert-OH is 2. The second-order valence-electron chi connectivity index (χ2n) is 19.3. The SMILES string of the molecule is C.C.CC[C@]12CC[C@@H](C)C[C@@H]1CC[C@@H]1[C@@H]2CC[C@]2(C)C(=O)CC[C@@H]12.CC[C@]12CC[C@@H](C)C[C@@H]1CC[C@H]1[C@@H]3CC[C@H](O)[C@@]3(C)CC[C@@H]12.CO.[B].[H-].[Na+]. The van der Waals surface area contributed by atoms with E-state index in [0.717, 1.165) is 79.1 Å². The van der Waals surface area contributed by atoms with E-state index in [9.17, 15) is 9.90 Å². The third kappa shape index (κ3) is 7.34. The number of hydrogen-bond donors (Lipinski definition) is 2. The second kappa shape index (κ2) is 18.1. The van der Waals surface area contributed by atoms with Crippen LogP contribution < -0.4 is 29.6 Å². The Morgan fingerprint density at radius 2 is 1.12 bits per heavy atom. The monoisotopic (exact) mass is 706 g/mol. The molecule has 8 saturated carbocycles. The van der Waals surface area contributed by atoms with Crippen molar-refractivity contribution in [3.05, 3.63) is 0 Å². The molecule has 8 fully saturated rings. The Hall–Kier alpha value is 0.655. The second-order valence-corrected chi connectivity index (χ2v) is 19.3. The van der Waals surface area contributed by atoms with Gasteiger partial charge in [-0.2, -0.15) is 0 Å². The van der Waals surface area contributed by atoms with Gasteiger partial charge in [0.1, 0.15) is 5.78 Å². The van der Waals surface area contributed by atoms with Gasteiger partial charge in [0.15, 0.2) is 0 Å². The molecule has 2 N–H and O–H groups in total. The zero-order valence-corrected chi connectivity index (χ0v) is 34.9. The molecule has 0 bridgehead atoms. The molecule has 8 aliphatic carbocycles. The summed E-state index contributed by atoms with van der Waals surface area (Å²) in [6, 6.07) is 0. The van der Waals surface area contributed by atoms with E-state index < -0.39 is 0 Å². The summed E-state index contributed by atoms with van der Waals surface area (Å²) >= 11 is 0. The van der Waals surface area contributed by atoms with Gasteiger partial charge in [0.05, 0.1) is 6.10 Å². The molecular formula is C45H83BNaO3. The molecule has 15 atom stereocenters. The molecule has 0 aromatic rings. The molecule has 0 aliphatic heterocycles. The van der Waals surface area contributed by atoms with Crippen molar-refractivity contribution in [1.29, 1.82) is 0 Å². The van der Waals surface area contributed by atoms with Crippen LogP contribution in [0.5, 0.6) is 0 Å². The average molecular weight is 706 g/mol. The van der Waals surface area contributed by atoms with E-state index >= 15 is 0 Å². The van der Waals surface area contributed by atoms with Crippen molar-refractivity contribution in [2.45, 2.75) is 191 Å². The summed E-state index contributed by atoms with van der Waals surface area (Å²) < 4.78 is 0. The molecule has 0 aromatic heterocycles. The maximum Gasteiger partial charge on any atom is 1.00 e. The minimum absolute atomic E-state index is 0. The molecule has 0 aromatic carbocycles. The van der Waals surface area contributed by atoms with Crippen molar-refractivity contribution >= 4 is 14.2 Å². The van der Waals surface area contributed by atoms with Gasteiger partial charge >= 0.3 is 29.6 Å². The smallest absolute Gasteiger partial charge is 1.00 e. The number of hydrogen-bond acceptors (Lipinski definition) is 3. The molecule has 0 heterocycles. The van der Waals surface area contributed by atoms with Gasteiger partial charge in [-0.05, 0) is 185 Å². The molecule has 0 spiro atoms. The van der Waals surface area contributed by atoms with Crippen LogP contribution in [0.4, 0.5) is 0 Å². The molecule has 3 radical (unpaired) electrons. The Morgan fingerprint density at radius 1 is 0.640 bits per heavy atom. The summed E-state index contributed by atoms with van der Waals surface area (Å²) in [7, 11) is 1.00. The van der Waals surface area contributed by atoms with Crippen LogP contribution in [-0.4, -0.2) is 37.6 Å². The number of rotatable bonds is 2. The van der Waals surface area contributed by atoms with Gasteiger partial charge in [-0.25, -0.2) is 0 Å². The molecule has 285 valence electrons. The Bertz CT molecular complexity index is 1090. The van der Waals surface area contributed by atoms with Gasteiger partial charge in [0.25, 0.3) is 0 Å². The first-order valence-electron chi connectivity index (χ1n) is 20.7. The van der Waals surface area contributed by atoms with Gasteiger partial charge in [0, 0.05) is 27.4 Å². The molecule has 0 amide bonds. The first-order chi connectivity index (χ1) is 22.0. The minimum atomic E-state index is -0.0138. The quantitative estimate of drug-likeness (QED) is 0.283. The average Bonchev–Trinajstić information content (AvgIpc) is 3.55. The van der Waals surface area contributed by atoms with Crippen LogP contribution in [0, 0.1) is 80.8 Å². The number of ketones is 1. The van der Waals surface area contributed by atoms with Crippen LogP contribution in [-0.2, 0) is 4.79 Å². The maximum atomic E-state index is 12.5. The third-order valence-corrected chi connectivity index (χ3v) is 18.2. The van der Waals surface area contributed by atoms with E-state index in [2.05, 4.69) is 41.5 Å². The largest absolute Gasteiger partial charge is 1.00 e. The molecule has 3 nitrogen and oxygen atoms in total. The molecule has 0 unspecified atom stereocenters. The van der Waals surface area contributed by atoms with Crippen molar-refractivity contribution in [3.8, 4) is 0 Å². The van der Waals surface area contributed by atoms with Crippen molar-refractivity contribution in [2.24, 2.45) is 80.8 Å². The van der Waals surface area contributed by atoms with Crippen LogP contribution >= 0.6 is 0 Å². The van der Waals surface area contributed by atoms with Crippen molar-refractivity contribution in [2.75, 3.05) is 7.11 Å². The Balaban J connectivity index is 0.000000445. The molecule has 50 heavy (non-hydrogen) atoms. The van der Waals surface area contributed by atoms with Crippen LogP contribution in [0.25, 0.3) is 0 Å². The molecule has 8 rings (SSSR count). The molecule has 8 aliphatic rings. The zero-order valence-electron chi connectivity index (χ0n) is 33.9. The predicted octanol–water partition coefficient (Wildman–Crippen LogP) is 8.66. The Morgan fingerprint density at radius 3 is 1.62 bits per heavy atom. The summed E-state index contributed by atoms with van der Waals surface area (Å²) in [5, 5.41) is 17.6. The van der Waals surface area contributed by atoms with Gasteiger partial charge in [-0.3, -0.25) is 4.79 Å². The summed E-state index contributed by atoms with van der Waals surface area (Å²) in [6.45, 7) is 14.6. The predicted molar refractivity (Wildman–Crippen MR) is 211 cm³/mol. The van der Waals surface area contributed by atoms with Crippen LogP contribution in [0.15, 0.2) is 0 Å². The van der Waals surface area contributed by atoms with Gasteiger partial charge in [-0.1, -0.05) is 69.2 Å². The standard InChI is InChI=1S/C21H36O.C21H34O.CH4O.2CH4.B.Na.H/c2*1-4-21-12-9-14(2)13-15(21)5-6-16-17-7-8-19(22)20(17,3)11-10-18(16)21;1-2;;;;;/h14-19,22H,4-13H2,1-3H3;14-18H,4-13H2,1-3H3;2H,1H3;2*1H4;;;/q;;;;;;+1;-1/t14-,15+,16+,17+,18+,19+,20+,21+;14-,15+,16+,17+,18+,20+,21+;;;;;;/m11....../s1. The normalized spacial score (nSPS) is 49.5. The van der Waals surface area contributed by atoms with Crippen molar-refractivity contribution in [1.82, 2.24) is 0 Å². The van der Waals surface area contributed by atoms with E-state index in [-0.39, 0.29) is 71.2 Å². The summed E-state index contributed by atoms with van der Waals surface area (Å²) in [6.07, 6.45) is 27.2. The summed E-state index contributed by atoms with van der Waals surface area (Å²) in [4.78, 5) is 12.5. The minimum Gasteiger partial charge on any atom is -1.00 e. The van der Waals surface area contributed by atoms with E-state index in [1.165, 1.54) is 116 Å². The topological polar surface area (TPSA) is 57.5 Å². The van der Waals surface area contributed by atoms with E-state index in [0.29, 0.717) is 16.6 Å². The van der Waals surface area contributed by atoms with Crippen LogP contribution in [0.3, 0.4) is 0 Å². The van der Waals surface area contributed by atoms with Gasteiger partial charge < -0.3 is 11.6 Å². The number of fused-ring (bicyclic) bond motifs is 10. The first kappa shape index (κ1) is 46.8. The summed E-state index contributed by atoms with van der Waals surface area (Å²) in [5.74, 6) is 9.78. The Kier molecular flexibility index (Phi) is 16.9. The van der Waals surface area contributed by atoms with Crippen molar-refractivity contribution in [3.63, 3.8) is 0 Å². The van der Waals surface area contributed by atoms with E-state index in [4.69, 9.17) is 5.11 Å². The van der Waals surface area contributed by atoms with Crippen LogP contribution in [0.1, 0.15) is 186 Å². The van der Waals surface area contributed by atoms with E-state index in [1.54, 1.807) is 0 Å². The number of carbonyl (C=O) groups excluding carboxylic acids is 1. The zero-order chi connectivity index (χ0) is 33.1. The number of carbonyl (C=O) groups is 1. The van der Waals surface area contributed by atoms with Gasteiger partial charge in [0.2, 0.25) is 0 Å². The molecule has 5 heteroatoms. The van der Waals surface area contributed by atoms with Crippen molar-refractivity contribution < 1.29 is 46.0 Å².